The van der Waals surface area contributed by atoms with Crippen molar-refractivity contribution >= 4 is 29.1 Å². The maximum absolute atomic E-state index is 13.3. The van der Waals surface area contributed by atoms with Crippen molar-refractivity contribution in [2.24, 2.45) is 5.92 Å². The molecule has 0 saturated heterocycles. The summed E-state index contributed by atoms with van der Waals surface area (Å²) in [6.45, 7) is 3.56. The van der Waals surface area contributed by atoms with Gasteiger partial charge in [-0.1, -0.05) is 44.2 Å². The van der Waals surface area contributed by atoms with Crippen LogP contribution in [-0.4, -0.2) is 24.8 Å². The highest BCUT2D eigenvalue weighted by molar-refractivity contribution is 6.20. The van der Waals surface area contributed by atoms with Crippen LogP contribution >= 0.6 is 0 Å². The Hall–Kier alpha value is -3.15. The summed E-state index contributed by atoms with van der Waals surface area (Å²) in [5.41, 5.74) is 0.557. The van der Waals surface area contributed by atoms with Gasteiger partial charge in [-0.25, -0.2) is 0 Å². The molecule has 2 aliphatic heterocycles. The number of fused-ring (bicyclic) bond motifs is 3. The van der Waals surface area contributed by atoms with Crippen molar-refractivity contribution in [3.8, 4) is 0 Å². The fourth-order valence-corrected chi connectivity index (χ4v) is 3.75. The van der Waals surface area contributed by atoms with E-state index in [1.54, 1.807) is 57.3 Å². The lowest BCUT2D eigenvalue weighted by Gasteiger charge is -2.45. The van der Waals surface area contributed by atoms with Gasteiger partial charge in [0.25, 0.3) is 11.8 Å². The number of carbonyl (C=O) groups excluding carboxylic acids is 3. The first kappa shape index (κ1) is 16.3. The summed E-state index contributed by atoms with van der Waals surface area (Å²) in [4.78, 5) is 42.3. The fourth-order valence-electron chi connectivity index (χ4n) is 3.75. The minimum atomic E-state index is -1.56. The number of nitrogens with zero attached hydrogens (tertiary/aromatic N) is 2. The molecule has 1 N–H and O–H groups in total. The number of hydrogen-bond donors (Lipinski definition) is 1. The minimum absolute atomic E-state index is 0.226. The molecule has 1 atom stereocenters. The Morgan fingerprint density at radius 3 is 2.31 bits per heavy atom. The van der Waals surface area contributed by atoms with Crippen molar-refractivity contribution in [1.82, 2.24) is 5.32 Å². The first-order valence-corrected chi connectivity index (χ1v) is 8.53. The number of nitrogens with one attached hydrogen (secondary N) is 1. The van der Waals surface area contributed by atoms with E-state index in [-0.39, 0.29) is 23.6 Å². The molecule has 0 bridgehead atoms. The van der Waals surface area contributed by atoms with Crippen LogP contribution in [-0.2, 0) is 15.3 Å². The van der Waals surface area contributed by atoms with Crippen LogP contribution in [0.4, 0.5) is 11.4 Å². The van der Waals surface area contributed by atoms with Crippen LogP contribution in [0.1, 0.15) is 29.8 Å². The van der Waals surface area contributed by atoms with E-state index in [9.17, 15) is 14.4 Å². The molecule has 6 nitrogen and oxygen atoms in total. The molecule has 132 valence electrons. The Morgan fingerprint density at radius 1 is 1.00 bits per heavy atom. The molecule has 1 spiro atoms. The Morgan fingerprint density at radius 2 is 1.62 bits per heavy atom. The molecule has 4 rings (SSSR count). The van der Waals surface area contributed by atoms with E-state index in [1.165, 1.54) is 9.80 Å². The largest absolute Gasteiger partial charge is 0.317 e. The number of likely N-dealkylation sites (N-methyl/N-ethyl adjacent to an activating group) is 1. The molecule has 0 saturated carbocycles. The Kier molecular flexibility index (Phi) is 3.41. The van der Waals surface area contributed by atoms with Crippen molar-refractivity contribution in [1.29, 1.82) is 0 Å². The zero-order chi connectivity index (χ0) is 18.6. The van der Waals surface area contributed by atoms with Crippen LogP contribution in [0, 0.1) is 5.92 Å². The molecule has 2 aromatic carbocycles. The van der Waals surface area contributed by atoms with Gasteiger partial charge in [-0.3, -0.25) is 19.3 Å². The lowest BCUT2D eigenvalue weighted by Crippen LogP contribution is -2.68. The maximum Gasteiger partial charge on any atom is 0.278 e. The summed E-state index contributed by atoms with van der Waals surface area (Å²) in [5.74, 6) is -1.29. The molecule has 2 heterocycles. The Bertz CT molecular complexity index is 953. The van der Waals surface area contributed by atoms with Gasteiger partial charge in [-0.05, 0) is 18.2 Å². The molecule has 0 fully saturated rings. The summed E-state index contributed by atoms with van der Waals surface area (Å²) in [5, 5.41) is 2.85. The lowest BCUT2D eigenvalue weighted by atomic mass is 9.91. The van der Waals surface area contributed by atoms with E-state index in [0.717, 1.165) is 0 Å². The van der Waals surface area contributed by atoms with Crippen molar-refractivity contribution in [3.05, 3.63) is 59.7 Å². The smallest absolute Gasteiger partial charge is 0.278 e. The van der Waals surface area contributed by atoms with E-state index in [0.29, 0.717) is 22.5 Å². The van der Waals surface area contributed by atoms with Gasteiger partial charge in [0.1, 0.15) is 0 Å². The van der Waals surface area contributed by atoms with Crippen LogP contribution in [0.15, 0.2) is 48.5 Å². The molecule has 6 heteroatoms. The predicted octanol–water partition coefficient (Wildman–Crippen LogP) is 2.25. The summed E-state index contributed by atoms with van der Waals surface area (Å²) in [6, 6.07) is 14.1. The number of carbonyl (C=O) groups is 3. The SMILES string of the molecule is CC(C)C(=O)N1c2ccccc2C(=O)NC12C(=O)N(C)c1ccccc12. The zero-order valence-corrected chi connectivity index (χ0v) is 14.8. The summed E-state index contributed by atoms with van der Waals surface area (Å²) in [7, 11) is 1.65. The third-order valence-corrected chi connectivity index (χ3v) is 5.00. The molecule has 1 unspecified atom stereocenters. The molecule has 2 aliphatic rings. The maximum atomic E-state index is 13.3. The second kappa shape index (κ2) is 5.42. The first-order chi connectivity index (χ1) is 12.4. The van der Waals surface area contributed by atoms with E-state index in [2.05, 4.69) is 5.32 Å². The van der Waals surface area contributed by atoms with Gasteiger partial charge in [0.05, 0.1) is 16.9 Å². The normalized spacial score (nSPS) is 21.1. The highest BCUT2D eigenvalue weighted by Crippen LogP contribution is 2.47. The lowest BCUT2D eigenvalue weighted by molar-refractivity contribution is -0.130. The summed E-state index contributed by atoms with van der Waals surface area (Å²) in [6.07, 6.45) is 0. The monoisotopic (exact) mass is 349 g/mol. The van der Waals surface area contributed by atoms with E-state index in [1.807, 2.05) is 12.1 Å². The third-order valence-electron chi connectivity index (χ3n) is 5.00. The quantitative estimate of drug-likeness (QED) is 0.858. The van der Waals surface area contributed by atoms with Crippen molar-refractivity contribution < 1.29 is 14.4 Å². The van der Waals surface area contributed by atoms with Gasteiger partial charge in [0, 0.05) is 18.5 Å². The third kappa shape index (κ3) is 1.89. The standard InChI is InChI=1S/C20H19N3O3/c1-12(2)18(25)23-15-10-6-4-8-13(15)17(24)21-20(23)14-9-5-7-11-16(14)22(3)19(20)26/h4-12H,1-3H3,(H,21,24). The number of anilines is 2. The van der Waals surface area contributed by atoms with Crippen molar-refractivity contribution in [2.45, 2.75) is 19.5 Å². The van der Waals surface area contributed by atoms with Crippen LogP contribution < -0.4 is 15.1 Å². The average molecular weight is 349 g/mol. The van der Waals surface area contributed by atoms with Gasteiger partial charge in [-0.2, -0.15) is 0 Å². The number of para-hydroxylation sites is 2. The second-order valence-electron chi connectivity index (χ2n) is 6.89. The fraction of sp³-hybridized carbons (Fsp3) is 0.250. The van der Waals surface area contributed by atoms with E-state index < -0.39 is 5.66 Å². The molecule has 0 radical (unpaired) electrons. The molecular formula is C20H19N3O3. The summed E-state index contributed by atoms with van der Waals surface area (Å²) < 4.78 is 0. The molecule has 26 heavy (non-hydrogen) atoms. The molecule has 0 aromatic heterocycles. The number of amides is 3. The number of hydrogen-bond acceptors (Lipinski definition) is 3. The topological polar surface area (TPSA) is 69.7 Å². The number of benzene rings is 2. The van der Waals surface area contributed by atoms with Crippen LogP contribution in [0.5, 0.6) is 0 Å². The Labute approximate surface area is 151 Å². The number of rotatable bonds is 1. The van der Waals surface area contributed by atoms with Gasteiger partial charge in [0.2, 0.25) is 11.6 Å². The Balaban J connectivity index is 2.06. The van der Waals surface area contributed by atoms with Gasteiger partial charge >= 0.3 is 0 Å². The van der Waals surface area contributed by atoms with Crippen LogP contribution in [0.2, 0.25) is 0 Å². The molecule has 2 aromatic rings. The molecule has 3 amide bonds. The van der Waals surface area contributed by atoms with E-state index in [4.69, 9.17) is 0 Å². The predicted molar refractivity (Wildman–Crippen MR) is 97.8 cm³/mol. The van der Waals surface area contributed by atoms with Gasteiger partial charge in [-0.15, -0.1) is 0 Å². The van der Waals surface area contributed by atoms with Crippen molar-refractivity contribution in [2.75, 3.05) is 16.8 Å². The van der Waals surface area contributed by atoms with E-state index >= 15 is 0 Å². The van der Waals surface area contributed by atoms with Crippen LogP contribution in [0.25, 0.3) is 0 Å². The summed E-state index contributed by atoms with van der Waals surface area (Å²) >= 11 is 0. The average Bonchev–Trinajstić information content (AvgIpc) is 2.85. The molecular weight excluding hydrogens is 330 g/mol. The van der Waals surface area contributed by atoms with Gasteiger partial charge < -0.3 is 10.2 Å². The van der Waals surface area contributed by atoms with Crippen molar-refractivity contribution in [3.63, 3.8) is 0 Å². The zero-order valence-electron chi connectivity index (χ0n) is 14.8. The van der Waals surface area contributed by atoms with Crippen LogP contribution in [0.3, 0.4) is 0 Å². The highest BCUT2D eigenvalue weighted by atomic mass is 16.2. The molecule has 0 aliphatic carbocycles. The second-order valence-corrected chi connectivity index (χ2v) is 6.89. The highest BCUT2D eigenvalue weighted by Gasteiger charge is 2.59. The van der Waals surface area contributed by atoms with Gasteiger partial charge in [0.15, 0.2) is 0 Å². The first-order valence-electron chi connectivity index (χ1n) is 8.53. The minimum Gasteiger partial charge on any atom is -0.317 e.